The zero-order chi connectivity index (χ0) is 20.6. The zero-order valence-electron chi connectivity index (χ0n) is 17.7. The monoisotopic (exact) mass is 402 g/mol. The molecule has 0 unspecified atom stereocenters. The smallest absolute Gasteiger partial charge is 0.288 e. The van der Waals surface area contributed by atoms with E-state index in [1.807, 2.05) is 6.92 Å². The van der Waals surface area contributed by atoms with Crippen LogP contribution in [0.4, 0.5) is 0 Å². The molecule has 1 saturated heterocycles. The molecule has 1 aromatic carbocycles. The molecule has 0 saturated carbocycles. The minimum Gasteiger partial charge on any atom is -0.429 e. The number of fused-ring (bicyclic) bond motifs is 3. The molecule has 3 aliphatic heterocycles. The fourth-order valence-corrected chi connectivity index (χ4v) is 5.98. The second-order valence-electron chi connectivity index (χ2n) is 9.06. The van der Waals surface area contributed by atoms with Crippen molar-refractivity contribution < 1.29 is 9.21 Å². The van der Waals surface area contributed by atoms with E-state index < -0.39 is 0 Å². The number of amides is 1. The Labute approximate surface area is 175 Å². The van der Waals surface area contributed by atoms with Gasteiger partial charge in [0, 0.05) is 30.1 Å². The minimum atomic E-state index is -0.241. The summed E-state index contributed by atoms with van der Waals surface area (Å²) in [7, 11) is 1.61. The molecule has 6 rings (SSSR count). The highest BCUT2D eigenvalue weighted by Gasteiger charge is 2.49. The molecule has 30 heavy (non-hydrogen) atoms. The molecule has 1 N–H and O–H groups in total. The Balaban J connectivity index is 1.66. The van der Waals surface area contributed by atoms with Crippen LogP contribution in [0.1, 0.15) is 59.2 Å². The van der Waals surface area contributed by atoms with Gasteiger partial charge >= 0.3 is 0 Å². The highest BCUT2D eigenvalue weighted by molar-refractivity contribution is 5.93. The van der Waals surface area contributed by atoms with E-state index in [9.17, 15) is 4.79 Å². The van der Waals surface area contributed by atoms with E-state index in [0.717, 1.165) is 31.6 Å². The highest BCUT2D eigenvalue weighted by atomic mass is 16.4. The van der Waals surface area contributed by atoms with Crippen molar-refractivity contribution in [1.29, 1.82) is 0 Å². The third kappa shape index (κ3) is 2.23. The van der Waals surface area contributed by atoms with Gasteiger partial charge in [-0.3, -0.25) is 9.69 Å². The fraction of sp³-hybridized carbons (Fsp3) is 0.417. The van der Waals surface area contributed by atoms with E-state index in [2.05, 4.69) is 52.0 Å². The zero-order valence-corrected chi connectivity index (χ0v) is 17.7. The molecule has 2 aromatic heterocycles. The van der Waals surface area contributed by atoms with Crippen LogP contribution in [0.3, 0.4) is 0 Å². The number of nitrogens with one attached hydrogen (secondary N) is 1. The molecule has 6 heteroatoms. The first-order valence-electron chi connectivity index (χ1n) is 10.8. The summed E-state index contributed by atoms with van der Waals surface area (Å²) in [6.07, 6.45) is 5.76. The number of hydrogen-bond donors (Lipinski definition) is 1. The van der Waals surface area contributed by atoms with Crippen molar-refractivity contribution >= 4 is 22.5 Å². The van der Waals surface area contributed by atoms with Crippen molar-refractivity contribution in [2.45, 2.75) is 39.2 Å². The Bertz CT molecular complexity index is 1230. The predicted octanol–water partition coefficient (Wildman–Crippen LogP) is 3.90. The predicted molar refractivity (Wildman–Crippen MR) is 115 cm³/mol. The van der Waals surface area contributed by atoms with Crippen LogP contribution in [0.5, 0.6) is 0 Å². The number of aromatic nitrogens is 2. The second kappa shape index (κ2) is 6.08. The Hall–Kier alpha value is -2.86. The van der Waals surface area contributed by atoms with E-state index in [0.29, 0.717) is 17.6 Å². The molecule has 3 aliphatic rings. The summed E-state index contributed by atoms with van der Waals surface area (Å²) in [6, 6.07) is 9.02. The van der Waals surface area contributed by atoms with Gasteiger partial charge in [0.05, 0.1) is 17.3 Å². The lowest BCUT2D eigenvalue weighted by Gasteiger charge is -2.52. The topological polar surface area (TPSA) is 63.3 Å². The van der Waals surface area contributed by atoms with E-state index >= 15 is 0 Å². The number of rotatable bonds is 2. The number of carbonyl (C=O) groups is 1. The Morgan fingerprint density at radius 3 is 2.97 bits per heavy atom. The average molecular weight is 402 g/mol. The summed E-state index contributed by atoms with van der Waals surface area (Å²) < 4.78 is 8.42. The number of piperidine rings is 1. The summed E-state index contributed by atoms with van der Waals surface area (Å²) >= 11 is 0. The number of nitrogens with zero attached hydrogens (tertiary/aromatic N) is 3. The van der Waals surface area contributed by atoms with Gasteiger partial charge in [-0.2, -0.15) is 0 Å². The molecule has 3 aromatic rings. The SMILES string of the molecule is CNC(=O)c1oc(C2=C[C@]3(C)CCCN4CCc5c(n2c2ccccc52)[C@@H]43)nc1C. The first kappa shape index (κ1) is 18.0. The van der Waals surface area contributed by atoms with Crippen LogP contribution in [0, 0.1) is 12.3 Å². The number of aryl methyl sites for hydroxylation is 1. The van der Waals surface area contributed by atoms with Crippen LogP contribution in [0.2, 0.25) is 0 Å². The van der Waals surface area contributed by atoms with Crippen molar-refractivity contribution in [2.75, 3.05) is 20.1 Å². The quantitative estimate of drug-likeness (QED) is 0.706. The standard InChI is InChI=1S/C24H26N4O2/c1-14-20(22(29)25-3)30-23(26-14)18-13-24(2)10-6-11-27-12-9-16-15-7-4-5-8-17(15)28(18)19(16)21(24)27/h4-5,7-8,13,21H,6,9-12H2,1-3H3,(H,25,29)/t21-,24+/m1/s1. The van der Waals surface area contributed by atoms with Crippen LogP contribution < -0.4 is 5.32 Å². The third-order valence-corrected chi connectivity index (χ3v) is 7.24. The average Bonchev–Trinajstić information content (AvgIpc) is 3.30. The van der Waals surface area contributed by atoms with Gasteiger partial charge in [0.15, 0.2) is 0 Å². The van der Waals surface area contributed by atoms with Crippen LogP contribution in [0.25, 0.3) is 16.6 Å². The maximum Gasteiger partial charge on any atom is 0.288 e. The molecule has 1 amide bonds. The van der Waals surface area contributed by atoms with E-state index in [-0.39, 0.29) is 17.1 Å². The number of carbonyl (C=O) groups excluding carboxylic acids is 1. The van der Waals surface area contributed by atoms with Crippen molar-refractivity contribution in [3.63, 3.8) is 0 Å². The van der Waals surface area contributed by atoms with E-state index in [4.69, 9.17) is 9.40 Å². The lowest BCUT2D eigenvalue weighted by atomic mass is 9.69. The molecular formula is C24H26N4O2. The van der Waals surface area contributed by atoms with Crippen molar-refractivity contribution in [2.24, 2.45) is 5.41 Å². The molecule has 0 bridgehead atoms. The molecule has 5 heterocycles. The van der Waals surface area contributed by atoms with Crippen molar-refractivity contribution in [1.82, 2.24) is 19.8 Å². The minimum absolute atomic E-state index is 0.0166. The summed E-state index contributed by atoms with van der Waals surface area (Å²) in [5, 5.41) is 3.98. The third-order valence-electron chi connectivity index (χ3n) is 7.24. The molecule has 0 aliphatic carbocycles. The lowest BCUT2D eigenvalue weighted by Crippen LogP contribution is -2.49. The Morgan fingerprint density at radius 1 is 1.30 bits per heavy atom. The Kier molecular flexibility index (Phi) is 3.64. The number of benzene rings is 1. The normalized spacial score (nSPS) is 25.2. The molecule has 6 nitrogen and oxygen atoms in total. The molecule has 1 fully saturated rings. The summed E-state index contributed by atoms with van der Waals surface area (Å²) in [6.45, 7) is 6.47. The first-order valence-corrected chi connectivity index (χ1v) is 10.8. The largest absolute Gasteiger partial charge is 0.429 e. The number of para-hydroxylation sites is 1. The van der Waals surface area contributed by atoms with Gasteiger partial charge in [0.2, 0.25) is 11.7 Å². The maximum absolute atomic E-state index is 12.3. The van der Waals surface area contributed by atoms with Crippen LogP contribution in [-0.4, -0.2) is 40.5 Å². The number of hydrogen-bond acceptors (Lipinski definition) is 4. The summed E-state index contributed by atoms with van der Waals surface area (Å²) in [5.41, 5.74) is 5.64. The summed E-state index contributed by atoms with van der Waals surface area (Å²) in [4.78, 5) is 19.6. The molecule has 0 radical (unpaired) electrons. The van der Waals surface area contributed by atoms with Crippen molar-refractivity contribution in [3.05, 3.63) is 58.9 Å². The van der Waals surface area contributed by atoms with Crippen molar-refractivity contribution in [3.8, 4) is 0 Å². The number of oxazole rings is 1. The first-order chi connectivity index (χ1) is 14.5. The van der Waals surface area contributed by atoms with Gasteiger partial charge in [0.1, 0.15) is 5.70 Å². The molecular weight excluding hydrogens is 376 g/mol. The van der Waals surface area contributed by atoms with Gasteiger partial charge < -0.3 is 14.3 Å². The molecule has 0 spiro atoms. The second-order valence-corrected chi connectivity index (χ2v) is 9.06. The molecule has 2 atom stereocenters. The van der Waals surface area contributed by atoms with E-state index in [1.54, 1.807) is 7.05 Å². The van der Waals surface area contributed by atoms with Gasteiger partial charge in [0.25, 0.3) is 5.91 Å². The van der Waals surface area contributed by atoms with Gasteiger partial charge in [-0.05, 0) is 50.4 Å². The van der Waals surface area contributed by atoms with Crippen LogP contribution in [0.15, 0.2) is 34.8 Å². The van der Waals surface area contributed by atoms with Crippen LogP contribution >= 0.6 is 0 Å². The van der Waals surface area contributed by atoms with Crippen LogP contribution in [-0.2, 0) is 6.42 Å². The lowest BCUT2D eigenvalue weighted by molar-refractivity contribution is 0.0409. The Morgan fingerprint density at radius 2 is 2.13 bits per heavy atom. The highest BCUT2D eigenvalue weighted by Crippen LogP contribution is 2.55. The van der Waals surface area contributed by atoms with Gasteiger partial charge in [-0.15, -0.1) is 0 Å². The van der Waals surface area contributed by atoms with Gasteiger partial charge in [-0.1, -0.05) is 25.1 Å². The fourth-order valence-electron chi connectivity index (χ4n) is 5.98. The van der Waals surface area contributed by atoms with Gasteiger partial charge in [-0.25, -0.2) is 4.98 Å². The van der Waals surface area contributed by atoms with E-state index in [1.165, 1.54) is 28.6 Å². The molecule has 154 valence electrons. The summed E-state index contributed by atoms with van der Waals surface area (Å²) in [5.74, 6) is 0.572. The maximum atomic E-state index is 12.3.